The third-order valence-electron chi connectivity index (χ3n) is 5.15. The van der Waals surface area contributed by atoms with Crippen molar-refractivity contribution in [2.75, 3.05) is 12.4 Å². The zero-order valence-corrected chi connectivity index (χ0v) is 16.0. The number of anilines is 1. The molecule has 1 heterocycles. The van der Waals surface area contributed by atoms with E-state index in [0.717, 1.165) is 16.7 Å². The number of nitrogens with one attached hydrogen (secondary N) is 1. The number of benzene rings is 2. The van der Waals surface area contributed by atoms with E-state index >= 15 is 0 Å². The van der Waals surface area contributed by atoms with Gasteiger partial charge >= 0.3 is 7.12 Å². The Morgan fingerprint density at radius 1 is 1.04 bits per heavy atom. The SMILES string of the molecule is COc1cc(CNc2cccc(B3OC(C)(C)C(C)(C)O3)c2)ccc1O. The van der Waals surface area contributed by atoms with E-state index in [1.807, 2.05) is 64.1 Å². The predicted molar refractivity (Wildman–Crippen MR) is 104 cm³/mol. The van der Waals surface area contributed by atoms with Gasteiger partial charge in [0.1, 0.15) is 0 Å². The van der Waals surface area contributed by atoms with Gasteiger partial charge in [-0.3, -0.25) is 0 Å². The molecule has 0 atom stereocenters. The van der Waals surface area contributed by atoms with Crippen LogP contribution < -0.4 is 15.5 Å². The van der Waals surface area contributed by atoms with Gasteiger partial charge in [-0.25, -0.2) is 0 Å². The second kappa shape index (κ2) is 6.85. The molecule has 0 bridgehead atoms. The number of phenolic OH excluding ortho intramolecular Hbond substituents is 1. The van der Waals surface area contributed by atoms with Gasteiger partial charge in [0.05, 0.1) is 18.3 Å². The van der Waals surface area contributed by atoms with Gasteiger partial charge in [0.2, 0.25) is 0 Å². The fourth-order valence-corrected chi connectivity index (χ4v) is 2.81. The summed E-state index contributed by atoms with van der Waals surface area (Å²) in [5, 5.41) is 13.1. The molecule has 1 aliphatic rings. The summed E-state index contributed by atoms with van der Waals surface area (Å²) in [5.74, 6) is 0.606. The van der Waals surface area contributed by atoms with E-state index in [2.05, 4.69) is 5.32 Å². The molecule has 0 aromatic heterocycles. The molecule has 1 fully saturated rings. The van der Waals surface area contributed by atoms with Crippen LogP contribution in [0.5, 0.6) is 11.5 Å². The fourth-order valence-electron chi connectivity index (χ4n) is 2.81. The van der Waals surface area contributed by atoms with E-state index in [-0.39, 0.29) is 24.1 Å². The average Bonchev–Trinajstić information content (AvgIpc) is 2.82. The molecule has 0 aliphatic carbocycles. The zero-order chi connectivity index (χ0) is 18.9. The smallest absolute Gasteiger partial charge is 0.494 e. The van der Waals surface area contributed by atoms with Crippen LogP contribution in [0.25, 0.3) is 0 Å². The zero-order valence-electron chi connectivity index (χ0n) is 16.0. The van der Waals surface area contributed by atoms with Crippen LogP contribution in [-0.4, -0.2) is 30.5 Å². The van der Waals surface area contributed by atoms with Gasteiger partial charge in [0.25, 0.3) is 0 Å². The molecule has 0 amide bonds. The van der Waals surface area contributed by atoms with Crippen LogP contribution in [0.2, 0.25) is 0 Å². The Labute approximate surface area is 155 Å². The van der Waals surface area contributed by atoms with Crippen molar-refractivity contribution in [1.82, 2.24) is 0 Å². The number of hydrogen-bond donors (Lipinski definition) is 2. The molecule has 2 aromatic rings. The molecular weight excluding hydrogens is 329 g/mol. The second-order valence-corrected chi connectivity index (χ2v) is 7.57. The lowest BCUT2D eigenvalue weighted by Crippen LogP contribution is -2.41. The summed E-state index contributed by atoms with van der Waals surface area (Å²) in [6.45, 7) is 8.81. The van der Waals surface area contributed by atoms with Crippen molar-refractivity contribution in [2.45, 2.75) is 45.4 Å². The molecule has 0 saturated carbocycles. The highest BCUT2D eigenvalue weighted by atomic mass is 16.7. The van der Waals surface area contributed by atoms with E-state index in [4.69, 9.17) is 14.0 Å². The molecule has 138 valence electrons. The Morgan fingerprint density at radius 2 is 1.73 bits per heavy atom. The Hall–Kier alpha value is -2.18. The summed E-state index contributed by atoms with van der Waals surface area (Å²) < 4.78 is 17.4. The fraction of sp³-hybridized carbons (Fsp3) is 0.400. The standard InChI is InChI=1S/C20H26BNO4/c1-19(2)20(3,4)26-21(25-19)15-7-6-8-16(12-15)22-13-14-9-10-17(23)18(11-14)24-5/h6-12,22-23H,13H2,1-5H3. The predicted octanol–water partition coefficient (Wildman–Crippen LogP) is 3.31. The molecular formula is C20H26BNO4. The maximum Gasteiger partial charge on any atom is 0.494 e. The number of methoxy groups -OCH3 is 1. The number of ether oxygens (including phenoxy) is 1. The first-order chi connectivity index (χ1) is 12.2. The highest BCUT2D eigenvalue weighted by molar-refractivity contribution is 6.62. The van der Waals surface area contributed by atoms with Crippen molar-refractivity contribution in [3.8, 4) is 11.5 Å². The summed E-state index contributed by atoms with van der Waals surface area (Å²) in [7, 11) is 1.16. The van der Waals surface area contributed by atoms with Gasteiger partial charge in [0, 0.05) is 12.2 Å². The number of hydrogen-bond acceptors (Lipinski definition) is 5. The van der Waals surface area contributed by atoms with Crippen LogP contribution in [0.3, 0.4) is 0 Å². The maximum absolute atomic E-state index is 9.69. The molecule has 26 heavy (non-hydrogen) atoms. The summed E-state index contributed by atoms with van der Waals surface area (Å²) >= 11 is 0. The van der Waals surface area contributed by atoms with Gasteiger partial charge in [-0.05, 0) is 63.0 Å². The average molecular weight is 355 g/mol. The Bertz CT molecular complexity index is 775. The molecule has 0 radical (unpaired) electrons. The van der Waals surface area contributed by atoms with Crippen LogP contribution in [0.4, 0.5) is 5.69 Å². The lowest BCUT2D eigenvalue weighted by atomic mass is 9.79. The molecule has 5 nitrogen and oxygen atoms in total. The van der Waals surface area contributed by atoms with E-state index in [1.165, 1.54) is 0 Å². The minimum absolute atomic E-state index is 0.138. The minimum Gasteiger partial charge on any atom is -0.504 e. The van der Waals surface area contributed by atoms with E-state index in [0.29, 0.717) is 12.3 Å². The summed E-state index contributed by atoms with van der Waals surface area (Å²) in [5.41, 5.74) is 2.26. The molecule has 1 saturated heterocycles. The topological polar surface area (TPSA) is 60.0 Å². The molecule has 6 heteroatoms. The lowest BCUT2D eigenvalue weighted by molar-refractivity contribution is 0.00578. The van der Waals surface area contributed by atoms with Crippen LogP contribution in [0.1, 0.15) is 33.3 Å². The summed E-state index contributed by atoms with van der Waals surface area (Å²) in [6, 6.07) is 13.4. The van der Waals surface area contributed by atoms with Gasteiger partial charge in [-0.1, -0.05) is 18.2 Å². The molecule has 0 spiro atoms. The first-order valence-corrected chi connectivity index (χ1v) is 8.77. The van der Waals surface area contributed by atoms with Gasteiger partial charge < -0.3 is 24.5 Å². The van der Waals surface area contributed by atoms with Crippen LogP contribution in [0.15, 0.2) is 42.5 Å². The third kappa shape index (κ3) is 3.66. The number of phenols is 1. The Balaban J connectivity index is 1.71. The van der Waals surface area contributed by atoms with Crippen LogP contribution in [0, 0.1) is 0 Å². The third-order valence-corrected chi connectivity index (χ3v) is 5.15. The highest BCUT2D eigenvalue weighted by Gasteiger charge is 2.51. The summed E-state index contributed by atoms with van der Waals surface area (Å²) in [6.07, 6.45) is 0. The summed E-state index contributed by atoms with van der Waals surface area (Å²) in [4.78, 5) is 0. The Morgan fingerprint density at radius 3 is 2.38 bits per heavy atom. The van der Waals surface area contributed by atoms with E-state index < -0.39 is 0 Å². The molecule has 1 aliphatic heterocycles. The van der Waals surface area contributed by atoms with Crippen molar-refractivity contribution >= 4 is 18.3 Å². The van der Waals surface area contributed by atoms with Crippen molar-refractivity contribution in [3.05, 3.63) is 48.0 Å². The molecule has 3 rings (SSSR count). The Kier molecular flexibility index (Phi) is 4.91. The van der Waals surface area contributed by atoms with Gasteiger partial charge in [0.15, 0.2) is 11.5 Å². The normalized spacial score (nSPS) is 18.0. The largest absolute Gasteiger partial charge is 0.504 e. The van der Waals surface area contributed by atoms with Gasteiger partial charge in [-0.15, -0.1) is 0 Å². The quantitative estimate of drug-likeness (QED) is 0.806. The lowest BCUT2D eigenvalue weighted by Gasteiger charge is -2.32. The van der Waals surface area contributed by atoms with Crippen LogP contribution >= 0.6 is 0 Å². The second-order valence-electron chi connectivity index (χ2n) is 7.57. The van der Waals surface area contributed by atoms with Crippen molar-refractivity contribution in [3.63, 3.8) is 0 Å². The number of aromatic hydroxyl groups is 1. The molecule has 2 N–H and O–H groups in total. The van der Waals surface area contributed by atoms with Crippen molar-refractivity contribution in [1.29, 1.82) is 0 Å². The highest BCUT2D eigenvalue weighted by Crippen LogP contribution is 2.36. The number of rotatable bonds is 5. The molecule has 2 aromatic carbocycles. The van der Waals surface area contributed by atoms with E-state index in [1.54, 1.807) is 13.2 Å². The van der Waals surface area contributed by atoms with Crippen molar-refractivity contribution in [2.24, 2.45) is 0 Å². The van der Waals surface area contributed by atoms with E-state index in [9.17, 15) is 5.11 Å². The molecule has 0 unspecified atom stereocenters. The minimum atomic E-state index is -0.379. The maximum atomic E-state index is 9.69. The first-order valence-electron chi connectivity index (χ1n) is 8.77. The first kappa shape index (κ1) is 18.6. The van der Waals surface area contributed by atoms with Gasteiger partial charge in [-0.2, -0.15) is 0 Å². The monoisotopic (exact) mass is 355 g/mol. The van der Waals surface area contributed by atoms with Crippen LogP contribution in [-0.2, 0) is 15.9 Å². The van der Waals surface area contributed by atoms with Crippen molar-refractivity contribution < 1.29 is 19.2 Å².